The first kappa shape index (κ1) is 6.29. The van der Waals surface area contributed by atoms with Crippen LogP contribution in [0.4, 0.5) is 0 Å². The van der Waals surface area contributed by atoms with Crippen molar-refractivity contribution in [1.82, 2.24) is 4.98 Å². The van der Waals surface area contributed by atoms with Crippen LogP contribution in [-0.2, 0) is 0 Å². The molecule has 1 heterocycles. The lowest BCUT2D eigenvalue weighted by Crippen LogP contribution is -2.29. The zero-order chi connectivity index (χ0) is 6.85. The van der Waals surface area contributed by atoms with Crippen LogP contribution in [0.5, 0.6) is 0 Å². The second-order valence-electron chi connectivity index (χ2n) is 1.63. The molecule has 0 aliphatic carbocycles. The standard InChI is InChI=1S/C5H5ClN2O/c1-4-5(6)7-2-3-8(4)9/h2-3H,1H3. The molecule has 0 saturated carbocycles. The van der Waals surface area contributed by atoms with Crippen molar-refractivity contribution in [3.8, 4) is 0 Å². The molecule has 1 aromatic heterocycles. The van der Waals surface area contributed by atoms with E-state index < -0.39 is 0 Å². The second kappa shape index (κ2) is 2.19. The van der Waals surface area contributed by atoms with Crippen molar-refractivity contribution in [3.05, 3.63) is 28.4 Å². The van der Waals surface area contributed by atoms with Crippen LogP contribution in [0.15, 0.2) is 12.4 Å². The van der Waals surface area contributed by atoms with E-state index in [1.165, 1.54) is 12.4 Å². The van der Waals surface area contributed by atoms with Gasteiger partial charge in [0.25, 0.3) is 0 Å². The fourth-order valence-corrected chi connectivity index (χ4v) is 0.595. The molecule has 4 heteroatoms. The zero-order valence-corrected chi connectivity index (χ0v) is 5.59. The molecule has 1 aromatic rings. The number of rotatable bonds is 0. The van der Waals surface area contributed by atoms with Crippen molar-refractivity contribution in [1.29, 1.82) is 0 Å². The summed E-state index contributed by atoms with van der Waals surface area (Å²) in [7, 11) is 0. The van der Waals surface area contributed by atoms with Crippen molar-refractivity contribution in [2.45, 2.75) is 6.92 Å². The highest BCUT2D eigenvalue weighted by Gasteiger charge is 2.02. The molecule has 0 saturated heterocycles. The molecular weight excluding hydrogens is 140 g/mol. The molecule has 0 aliphatic rings. The van der Waals surface area contributed by atoms with Crippen molar-refractivity contribution in [2.24, 2.45) is 0 Å². The molecule has 0 unspecified atom stereocenters. The summed E-state index contributed by atoms with van der Waals surface area (Å²) in [5, 5.41) is 10.9. The van der Waals surface area contributed by atoms with Gasteiger partial charge in [0.15, 0.2) is 11.3 Å². The second-order valence-corrected chi connectivity index (χ2v) is 1.99. The minimum Gasteiger partial charge on any atom is -0.618 e. The molecule has 0 aromatic carbocycles. The van der Waals surface area contributed by atoms with Crippen LogP contribution in [0.25, 0.3) is 0 Å². The maximum Gasteiger partial charge on any atom is 0.227 e. The van der Waals surface area contributed by atoms with Gasteiger partial charge in [-0.25, -0.2) is 4.98 Å². The van der Waals surface area contributed by atoms with E-state index in [0.29, 0.717) is 10.4 Å². The predicted octanol–water partition coefficient (Wildman–Crippen LogP) is 0.677. The summed E-state index contributed by atoms with van der Waals surface area (Å²) in [6.07, 6.45) is 2.67. The zero-order valence-electron chi connectivity index (χ0n) is 4.84. The summed E-state index contributed by atoms with van der Waals surface area (Å²) in [4.78, 5) is 3.68. The Labute approximate surface area is 57.5 Å². The number of hydrogen-bond donors (Lipinski definition) is 0. The lowest BCUT2D eigenvalue weighted by atomic mass is 10.5. The number of nitrogens with zero attached hydrogens (tertiary/aromatic N) is 2. The smallest absolute Gasteiger partial charge is 0.227 e. The SMILES string of the molecule is Cc1c(Cl)ncc[n+]1[O-]. The topological polar surface area (TPSA) is 39.8 Å². The third kappa shape index (κ3) is 1.10. The van der Waals surface area contributed by atoms with E-state index >= 15 is 0 Å². The van der Waals surface area contributed by atoms with Gasteiger partial charge in [0, 0.05) is 6.92 Å². The molecule has 0 atom stereocenters. The quantitative estimate of drug-likeness (QED) is 0.397. The van der Waals surface area contributed by atoms with Gasteiger partial charge in [0.05, 0.1) is 6.20 Å². The Hall–Kier alpha value is -0.830. The average molecular weight is 145 g/mol. The summed E-state index contributed by atoms with van der Waals surface area (Å²) in [6.45, 7) is 1.61. The Morgan fingerprint density at radius 2 is 2.44 bits per heavy atom. The van der Waals surface area contributed by atoms with Crippen LogP contribution in [0.1, 0.15) is 5.69 Å². The van der Waals surface area contributed by atoms with Crippen LogP contribution in [-0.4, -0.2) is 4.98 Å². The first-order valence-electron chi connectivity index (χ1n) is 2.42. The van der Waals surface area contributed by atoms with Gasteiger partial charge in [-0.3, -0.25) is 0 Å². The van der Waals surface area contributed by atoms with Crippen LogP contribution in [0, 0.1) is 12.1 Å². The third-order valence-corrected chi connectivity index (χ3v) is 1.39. The Kier molecular flexibility index (Phi) is 1.53. The minimum atomic E-state index is 0.257. The van der Waals surface area contributed by atoms with Crippen molar-refractivity contribution < 1.29 is 4.73 Å². The van der Waals surface area contributed by atoms with E-state index in [4.69, 9.17) is 11.6 Å². The van der Waals surface area contributed by atoms with E-state index in [9.17, 15) is 5.21 Å². The average Bonchev–Trinajstić information content (AvgIpc) is 1.83. The highest BCUT2D eigenvalue weighted by atomic mass is 35.5. The molecule has 1 rings (SSSR count). The van der Waals surface area contributed by atoms with Gasteiger partial charge < -0.3 is 5.21 Å². The molecule has 0 spiro atoms. The van der Waals surface area contributed by atoms with Crippen LogP contribution < -0.4 is 4.73 Å². The van der Waals surface area contributed by atoms with E-state index in [1.54, 1.807) is 6.92 Å². The molecule has 0 bridgehead atoms. The Morgan fingerprint density at radius 1 is 1.78 bits per heavy atom. The Balaban J connectivity index is 3.25. The monoisotopic (exact) mass is 144 g/mol. The van der Waals surface area contributed by atoms with Gasteiger partial charge in [0.2, 0.25) is 5.69 Å². The maximum atomic E-state index is 10.6. The third-order valence-electron chi connectivity index (χ3n) is 1.02. The highest BCUT2D eigenvalue weighted by Crippen LogP contribution is 2.03. The van der Waals surface area contributed by atoms with Gasteiger partial charge in [-0.05, 0) is 0 Å². The maximum absolute atomic E-state index is 10.6. The van der Waals surface area contributed by atoms with E-state index in [-0.39, 0.29) is 5.15 Å². The Morgan fingerprint density at radius 3 is 2.89 bits per heavy atom. The molecular formula is C5H5ClN2O. The number of halogens is 1. The molecule has 0 radical (unpaired) electrons. The molecule has 0 amide bonds. The largest absolute Gasteiger partial charge is 0.618 e. The summed E-state index contributed by atoms with van der Waals surface area (Å²) in [5.74, 6) is 0. The summed E-state index contributed by atoms with van der Waals surface area (Å²) in [6, 6.07) is 0. The molecule has 0 aliphatic heterocycles. The lowest BCUT2D eigenvalue weighted by molar-refractivity contribution is -0.612. The van der Waals surface area contributed by atoms with E-state index in [1.807, 2.05) is 0 Å². The van der Waals surface area contributed by atoms with E-state index in [2.05, 4.69) is 4.98 Å². The van der Waals surface area contributed by atoms with Crippen molar-refractivity contribution in [3.63, 3.8) is 0 Å². The van der Waals surface area contributed by atoms with Gasteiger partial charge in [-0.2, -0.15) is 4.73 Å². The molecule has 0 fully saturated rings. The van der Waals surface area contributed by atoms with Crippen LogP contribution in [0.2, 0.25) is 5.15 Å². The van der Waals surface area contributed by atoms with Gasteiger partial charge in [-0.1, -0.05) is 11.6 Å². The minimum absolute atomic E-state index is 0.257. The summed E-state index contributed by atoms with van der Waals surface area (Å²) >= 11 is 5.48. The van der Waals surface area contributed by atoms with Crippen molar-refractivity contribution >= 4 is 11.6 Å². The lowest BCUT2D eigenvalue weighted by Gasteiger charge is -1.97. The first-order valence-corrected chi connectivity index (χ1v) is 2.80. The normalized spacial score (nSPS) is 9.56. The highest BCUT2D eigenvalue weighted by molar-refractivity contribution is 6.29. The fourth-order valence-electron chi connectivity index (χ4n) is 0.455. The predicted molar refractivity (Wildman–Crippen MR) is 32.9 cm³/mol. The van der Waals surface area contributed by atoms with Gasteiger partial charge >= 0.3 is 0 Å². The molecule has 9 heavy (non-hydrogen) atoms. The summed E-state index contributed by atoms with van der Waals surface area (Å²) in [5.41, 5.74) is 0.430. The first-order chi connectivity index (χ1) is 4.22. The van der Waals surface area contributed by atoms with Gasteiger partial charge in [0.1, 0.15) is 0 Å². The van der Waals surface area contributed by atoms with Gasteiger partial charge in [-0.15, -0.1) is 0 Å². The van der Waals surface area contributed by atoms with Crippen LogP contribution >= 0.6 is 11.6 Å². The number of hydrogen-bond acceptors (Lipinski definition) is 2. The molecule has 48 valence electrons. The molecule has 3 nitrogen and oxygen atoms in total. The fraction of sp³-hybridized carbons (Fsp3) is 0.200. The number of aromatic nitrogens is 2. The van der Waals surface area contributed by atoms with Crippen molar-refractivity contribution in [2.75, 3.05) is 0 Å². The van der Waals surface area contributed by atoms with E-state index in [0.717, 1.165) is 0 Å². The summed E-state index contributed by atoms with van der Waals surface area (Å²) < 4.78 is 0.676. The Bertz CT molecular complexity index is 206. The van der Waals surface area contributed by atoms with Crippen LogP contribution in [0.3, 0.4) is 0 Å². The molecule has 0 N–H and O–H groups in total.